The van der Waals surface area contributed by atoms with E-state index >= 15 is 0 Å². The summed E-state index contributed by atoms with van der Waals surface area (Å²) in [5.41, 5.74) is 1.69. The van der Waals surface area contributed by atoms with E-state index in [1.54, 1.807) is 7.11 Å². The Balaban J connectivity index is 1.90. The number of hydrogen-bond donors (Lipinski definition) is 2. The Morgan fingerprint density at radius 2 is 1.61 bits per heavy atom. The number of carbonyl (C=O) groups excluding carboxylic acids is 2. The SMILES string of the molecule is COCCOCCCC(=O)NC(Cc1ccccc1)C(=O)Nc1ccccc1. The fourth-order valence-electron chi connectivity index (χ4n) is 2.66. The van der Waals surface area contributed by atoms with Gasteiger partial charge in [0.1, 0.15) is 6.04 Å². The molecule has 2 aromatic carbocycles. The van der Waals surface area contributed by atoms with Crippen molar-refractivity contribution in [1.29, 1.82) is 0 Å². The third kappa shape index (κ3) is 8.33. The number of nitrogens with one attached hydrogen (secondary N) is 2. The van der Waals surface area contributed by atoms with Crippen LogP contribution in [0.1, 0.15) is 18.4 Å². The van der Waals surface area contributed by atoms with Crippen LogP contribution in [0.15, 0.2) is 60.7 Å². The molecule has 0 spiro atoms. The van der Waals surface area contributed by atoms with Crippen LogP contribution in [0.3, 0.4) is 0 Å². The first kappa shape index (κ1) is 21.6. The quantitative estimate of drug-likeness (QED) is 0.552. The second kappa shape index (κ2) is 12.6. The van der Waals surface area contributed by atoms with Crippen molar-refractivity contribution < 1.29 is 19.1 Å². The first-order valence-electron chi connectivity index (χ1n) is 9.45. The molecule has 0 aromatic heterocycles. The van der Waals surface area contributed by atoms with E-state index in [4.69, 9.17) is 9.47 Å². The minimum atomic E-state index is -0.649. The van der Waals surface area contributed by atoms with E-state index in [-0.39, 0.29) is 11.8 Å². The molecule has 0 saturated heterocycles. The minimum absolute atomic E-state index is 0.167. The highest BCUT2D eigenvalue weighted by Crippen LogP contribution is 2.09. The van der Waals surface area contributed by atoms with Crippen LogP contribution in [0.25, 0.3) is 0 Å². The molecular weight excluding hydrogens is 356 g/mol. The lowest BCUT2D eigenvalue weighted by atomic mass is 10.0. The maximum absolute atomic E-state index is 12.7. The highest BCUT2D eigenvalue weighted by molar-refractivity contribution is 5.97. The van der Waals surface area contributed by atoms with Crippen molar-refractivity contribution in [2.45, 2.75) is 25.3 Å². The van der Waals surface area contributed by atoms with Gasteiger partial charge in [-0.1, -0.05) is 48.5 Å². The van der Waals surface area contributed by atoms with Gasteiger partial charge in [-0.05, 0) is 24.1 Å². The summed E-state index contributed by atoms with van der Waals surface area (Å²) < 4.78 is 10.3. The molecule has 0 fully saturated rings. The Kier molecular flexibility index (Phi) is 9.75. The van der Waals surface area contributed by atoms with Gasteiger partial charge in [-0.15, -0.1) is 0 Å². The van der Waals surface area contributed by atoms with Gasteiger partial charge < -0.3 is 20.1 Å². The molecule has 1 unspecified atom stereocenters. The molecule has 0 aliphatic rings. The average molecular weight is 384 g/mol. The summed E-state index contributed by atoms with van der Waals surface area (Å²) in [5, 5.41) is 5.72. The number of ether oxygens (including phenoxy) is 2. The Labute approximate surface area is 166 Å². The number of methoxy groups -OCH3 is 1. The van der Waals surface area contributed by atoms with Crippen molar-refractivity contribution in [3.05, 3.63) is 66.2 Å². The standard InChI is InChI=1S/C22H28N2O4/c1-27-15-16-28-14-8-13-21(25)24-20(17-18-9-4-2-5-10-18)22(26)23-19-11-6-3-7-12-19/h2-7,9-12,20H,8,13-17H2,1H3,(H,23,26)(H,24,25). The van der Waals surface area contributed by atoms with E-state index in [9.17, 15) is 9.59 Å². The van der Waals surface area contributed by atoms with Crippen LogP contribution >= 0.6 is 0 Å². The van der Waals surface area contributed by atoms with Gasteiger partial charge in [0, 0.05) is 32.2 Å². The van der Waals surface area contributed by atoms with Crippen LogP contribution in [-0.4, -0.2) is 44.8 Å². The van der Waals surface area contributed by atoms with Gasteiger partial charge in [0.2, 0.25) is 11.8 Å². The number of benzene rings is 2. The van der Waals surface area contributed by atoms with Crippen LogP contribution in [0.5, 0.6) is 0 Å². The maximum atomic E-state index is 12.7. The molecule has 28 heavy (non-hydrogen) atoms. The predicted octanol–water partition coefficient (Wildman–Crippen LogP) is 2.80. The van der Waals surface area contributed by atoms with Crippen LogP contribution in [0.2, 0.25) is 0 Å². The van der Waals surface area contributed by atoms with E-state index in [1.807, 2.05) is 60.7 Å². The first-order chi connectivity index (χ1) is 13.7. The van der Waals surface area contributed by atoms with Crippen LogP contribution in [-0.2, 0) is 25.5 Å². The second-order valence-corrected chi connectivity index (χ2v) is 6.37. The van der Waals surface area contributed by atoms with Crippen LogP contribution < -0.4 is 10.6 Å². The van der Waals surface area contributed by atoms with Crippen molar-refractivity contribution in [3.8, 4) is 0 Å². The fraction of sp³-hybridized carbons (Fsp3) is 0.364. The summed E-state index contributed by atoms with van der Waals surface area (Å²) in [6.07, 6.45) is 1.32. The molecule has 2 N–H and O–H groups in total. The summed E-state index contributed by atoms with van der Waals surface area (Å²) in [6.45, 7) is 1.52. The van der Waals surface area contributed by atoms with Gasteiger partial charge in [0.15, 0.2) is 0 Å². The molecular formula is C22H28N2O4. The molecule has 6 nitrogen and oxygen atoms in total. The lowest BCUT2D eigenvalue weighted by molar-refractivity contribution is -0.126. The number of hydrogen-bond acceptors (Lipinski definition) is 4. The molecule has 0 saturated carbocycles. The highest BCUT2D eigenvalue weighted by atomic mass is 16.5. The van der Waals surface area contributed by atoms with Crippen LogP contribution in [0, 0.1) is 0 Å². The van der Waals surface area contributed by atoms with Crippen molar-refractivity contribution in [2.24, 2.45) is 0 Å². The summed E-state index contributed by atoms with van der Waals surface area (Å²) >= 11 is 0. The Morgan fingerprint density at radius 1 is 0.929 bits per heavy atom. The Hall–Kier alpha value is -2.70. The summed E-state index contributed by atoms with van der Waals surface area (Å²) in [5.74, 6) is -0.403. The van der Waals surface area contributed by atoms with E-state index in [0.717, 1.165) is 5.56 Å². The van der Waals surface area contributed by atoms with E-state index in [1.165, 1.54) is 0 Å². The third-order valence-corrected chi connectivity index (χ3v) is 4.10. The van der Waals surface area contributed by atoms with Gasteiger partial charge in [0.25, 0.3) is 0 Å². The largest absolute Gasteiger partial charge is 0.382 e. The van der Waals surface area contributed by atoms with E-state index in [2.05, 4.69) is 10.6 Å². The van der Waals surface area contributed by atoms with E-state index in [0.29, 0.717) is 44.8 Å². The number of carbonyl (C=O) groups is 2. The fourth-order valence-corrected chi connectivity index (χ4v) is 2.66. The first-order valence-corrected chi connectivity index (χ1v) is 9.45. The van der Waals surface area contributed by atoms with Crippen molar-refractivity contribution >= 4 is 17.5 Å². The van der Waals surface area contributed by atoms with Crippen molar-refractivity contribution in [3.63, 3.8) is 0 Å². The highest BCUT2D eigenvalue weighted by Gasteiger charge is 2.21. The average Bonchev–Trinajstić information content (AvgIpc) is 2.71. The number of anilines is 1. The zero-order valence-corrected chi connectivity index (χ0v) is 16.2. The Bertz CT molecular complexity index is 707. The molecule has 2 amide bonds. The number of amides is 2. The van der Waals surface area contributed by atoms with Gasteiger partial charge in [-0.2, -0.15) is 0 Å². The predicted molar refractivity (Wildman–Crippen MR) is 109 cm³/mol. The van der Waals surface area contributed by atoms with Gasteiger partial charge >= 0.3 is 0 Å². The molecule has 0 radical (unpaired) electrons. The molecule has 2 aromatic rings. The van der Waals surface area contributed by atoms with Crippen molar-refractivity contribution in [1.82, 2.24) is 5.32 Å². The third-order valence-electron chi connectivity index (χ3n) is 4.10. The molecule has 0 aliphatic carbocycles. The van der Waals surface area contributed by atoms with E-state index < -0.39 is 6.04 Å². The monoisotopic (exact) mass is 384 g/mol. The Morgan fingerprint density at radius 3 is 2.29 bits per heavy atom. The summed E-state index contributed by atoms with van der Waals surface area (Å²) in [7, 11) is 1.62. The zero-order valence-electron chi connectivity index (χ0n) is 16.2. The van der Waals surface area contributed by atoms with Gasteiger partial charge in [-0.25, -0.2) is 0 Å². The lowest BCUT2D eigenvalue weighted by Gasteiger charge is -2.19. The molecule has 0 bridgehead atoms. The zero-order chi connectivity index (χ0) is 20.0. The lowest BCUT2D eigenvalue weighted by Crippen LogP contribution is -2.45. The van der Waals surface area contributed by atoms with Crippen LogP contribution in [0.4, 0.5) is 5.69 Å². The normalized spacial score (nSPS) is 11.6. The van der Waals surface area contributed by atoms with Gasteiger partial charge in [-0.3, -0.25) is 9.59 Å². The van der Waals surface area contributed by atoms with Crippen molar-refractivity contribution in [2.75, 3.05) is 32.2 Å². The number of rotatable bonds is 12. The molecule has 6 heteroatoms. The molecule has 1 atom stereocenters. The second-order valence-electron chi connectivity index (χ2n) is 6.37. The summed E-state index contributed by atoms with van der Waals surface area (Å²) in [4.78, 5) is 25.1. The maximum Gasteiger partial charge on any atom is 0.247 e. The molecule has 150 valence electrons. The number of para-hydroxylation sites is 1. The smallest absolute Gasteiger partial charge is 0.247 e. The molecule has 0 heterocycles. The van der Waals surface area contributed by atoms with Gasteiger partial charge in [0.05, 0.1) is 13.2 Å². The topological polar surface area (TPSA) is 76.7 Å². The summed E-state index contributed by atoms with van der Waals surface area (Å²) in [6, 6.07) is 18.2. The molecule has 2 rings (SSSR count). The molecule has 0 aliphatic heterocycles. The minimum Gasteiger partial charge on any atom is -0.382 e.